The first-order valence-corrected chi connectivity index (χ1v) is 10.0. The van der Waals surface area contributed by atoms with Crippen LogP contribution in [0, 0.1) is 5.92 Å². The number of halogens is 1. The molecule has 9 heteroatoms. The summed E-state index contributed by atoms with van der Waals surface area (Å²) in [6.07, 6.45) is 0. The number of amides is 1. The lowest BCUT2D eigenvalue weighted by Crippen LogP contribution is -2.22. The Morgan fingerprint density at radius 2 is 2.07 bits per heavy atom. The van der Waals surface area contributed by atoms with E-state index < -0.39 is 0 Å². The Kier molecular flexibility index (Phi) is 5.09. The second-order valence-corrected chi connectivity index (χ2v) is 8.03. The van der Waals surface area contributed by atoms with Crippen molar-refractivity contribution in [2.45, 2.75) is 25.3 Å². The van der Waals surface area contributed by atoms with Gasteiger partial charge in [-0.25, -0.2) is 4.98 Å². The zero-order chi connectivity index (χ0) is 19.8. The molecular formula is C19H18ClN5O2S. The molecule has 0 saturated carbocycles. The lowest BCUT2D eigenvalue weighted by molar-refractivity contribution is -0.120. The van der Waals surface area contributed by atoms with Crippen LogP contribution in [-0.4, -0.2) is 26.6 Å². The SMILES string of the molecule is C[C@@H](CSc1nc(N)nc(-c2c(Cl)cc3c4c(cccc24)COC3)n1)C(N)=O. The molecule has 0 unspecified atom stereocenters. The molecule has 28 heavy (non-hydrogen) atoms. The average Bonchev–Trinajstić information content (AvgIpc) is 2.66. The van der Waals surface area contributed by atoms with Crippen molar-refractivity contribution in [2.24, 2.45) is 11.7 Å². The molecule has 1 atom stereocenters. The number of nitrogen functional groups attached to an aromatic ring is 1. The van der Waals surface area contributed by atoms with Crippen molar-refractivity contribution in [3.8, 4) is 11.4 Å². The van der Waals surface area contributed by atoms with Gasteiger partial charge in [0.2, 0.25) is 11.9 Å². The van der Waals surface area contributed by atoms with Crippen LogP contribution < -0.4 is 11.5 Å². The van der Waals surface area contributed by atoms with Crippen LogP contribution in [-0.2, 0) is 22.7 Å². The van der Waals surface area contributed by atoms with E-state index in [0.29, 0.717) is 40.5 Å². The van der Waals surface area contributed by atoms with Gasteiger partial charge in [0.1, 0.15) is 0 Å². The van der Waals surface area contributed by atoms with E-state index in [4.69, 9.17) is 27.8 Å². The number of rotatable bonds is 5. The van der Waals surface area contributed by atoms with Crippen LogP contribution in [0.1, 0.15) is 18.1 Å². The summed E-state index contributed by atoms with van der Waals surface area (Å²) in [5.74, 6) is 0.271. The molecule has 0 fully saturated rings. The molecule has 0 spiro atoms. The number of benzene rings is 2. The Balaban J connectivity index is 1.82. The van der Waals surface area contributed by atoms with Crippen LogP contribution in [0.5, 0.6) is 0 Å². The molecule has 0 saturated heterocycles. The number of carbonyl (C=O) groups is 1. The third-order valence-electron chi connectivity index (χ3n) is 4.60. The number of nitrogens with two attached hydrogens (primary N) is 2. The highest BCUT2D eigenvalue weighted by molar-refractivity contribution is 7.99. The topological polar surface area (TPSA) is 117 Å². The Morgan fingerprint density at radius 3 is 2.86 bits per heavy atom. The highest BCUT2D eigenvalue weighted by Gasteiger charge is 2.21. The first kappa shape index (κ1) is 18.9. The van der Waals surface area contributed by atoms with E-state index >= 15 is 0 Å². The fourth-order valence-electron chi connectivity index (χ4n) is 3.18. The third kappa shape index (κ3) is 3.50. The number of carbonyl (C=O) groups excluding carboxylic acids is 1. The summed E-state index contributed by atoms with van der Waals surface area (Å²) < 4.78 is 5.64. The standard InChI is InChI=1S/C19H18ClN5O2S/c1-9(16(21)26)8-28-19-24-17(23-18(22)25-19)15-12-4-2-3-10-6-27-7-11(14(10)12)5-13(15)20/h2-5,9H,6-8H2,1H3,(H2,21,26)(H2,22,23,24,25)/t9-/m0/s1. The van der Waals surface area contributed by atoms with Crippen molar-refractivity contribution in [3.05, 3.63) is 40.4 Å². The maximum absolute atomic E-state index is 11.3. The molecular weight excluding hydrogens is 398 g/mol. The van der Waals surface area contributed by atoms with E-state index in [2.05, 4.69) is 15.0 Å². The van der Waals surface area contributed by atoms with Crippen LogP contribution >= 0.6 is 23.4 Å². The van der Waals surface area contributed by atoms with Gasteiger partial charge in [-0.3, -0.25) is 4.79 Å². The van der Waals surface area contributed by atoms with Crippen molar-refractivity contribution in [2.75, 3.05) is 11.5 Å². The molecule has 2 heterocycles. The summed E-state index contributed by atoms with van der Waals surface area (Å²) in [5.41, 5.74) is 14.1. The number of hydrogen-bond donors (Lipinski definition) is 2. The zero-order valence-electron chi connectivity index (χ0n) is 15.1. The molecule has 1 aliphatic heterocycles. The smallest absolute Gasteiger partial charge is 0.224 e. The largest absolute Gasteiger partial charge is 0.372 e. The van der Waals surface area contributed by atoms with Crippen molar-refractivity contribution in [1.29, 1.82) is 0 Å². The number of aromatic nitrogens is 3. The van der Waals surface area contributed by atoms with E-state index in [1.54, 1.807) is 6.92 Å². The summed E-state index contributed by atoms with van der Waals surface area (Å²) in [7, 11) is 0. The van der Waals surface area contributed by atoms with Crippen LogP contribution in [0.25, 0.3) is 22.2 Å². The molecule has 0 aliphatic carbocycles. The zero-order valence-corrected chi connectivity index (χ0v) is 16.7. The number of anilines is 1. The van der Waals surface area contributed by atoms with Gasteiger partial charge in [-0.15, -0.1) is 0 Å². The summed E-state index contributed by atoms with van der Waals surface area (Å²) >= 11 is 7.91. The van der Waals surface area contributed by atoms with Crippen molar-refractivity contribution < 1.29 is 9.53 Å². The van der Waals surface area contributed by atoms with Crippen molar-refractivity contribution >= 4 is 46.0 Å². The first-order valence-electron chi connectivity index (χ1n) is 8.68. The van der Waals surface area contributed by atoms with Crippen LogP contribution in [0.2, 0.25) is 5.02 Å². The van der Waals surface area contributed by atoms with Gasteiger partial charge in [0.15, 0.2) is 11.0 Å². The van der Waals surface area contributed by atoms with Gasteiger partial charge in [0.25, 0.3) is 0 Å². The molecule has 4 rings (SSSR count). The van der Waals surface area contributed by atoms with Gasteiger partial charge in [-0.2, -0.15) is 9.97 Å². The molecule has 3 aromatic rings. The van der Waals surface area contributed by atoms with E-state index in [1.807, 2.05) is 24.3 Å². The molecule has 144 valence electrons. The second kappa shape index (κ2) is 7.54. The minimum atomic E-state index is -0.372. The van der Waals surface area contributed by atoms with E-state index in [0.717, 1.165) is 21.9 Å². The molecule has 0 bridgehead atoms. The summed E-state index contributed by atoms with van der Waals surface area (Å²) in [5, 5.41) is 3.02. The first-order chi connectivity index (χ1) is 13.4. The number of primary amides is 1. The molecule has 1 aliphatic rings. The molecule has 1 aromatic heterocycles. The number of thioether (sulfide) groups is 1. The highest BCUT2D eigenvalue weighted by atomic mass is 35.5. The summed E-state index contributed by atoms with van der Waals surface area (Å²) in [6, 6.07) is 7.89. The van der Waals surface area contributed by atoms with Crippen LogP contribution in [0.4, 0.5) is 5.95 Å². The average molecular weight is 416 g/mol. The highest BCUT2D eigenvalue weighted by Crippen LogP contribution is 2.39. The molecule has 0 radical (unpaired) electrons. The van der Waals surface area contributed by atoms with Gasteiger partial charge < -0.3 is 16.2 Å². The maximum Gasteiger partial charge on any atom is 0.224 e. The van der Waals surface area contributed by atoms with Gasteiger partial charge in [0, 0.05) is 17.2 Å². The second-order valence-electron chi connectivity index (χ2n) is 6.64. The Hall–Kier alpha value is -2.42. The minimum absolute atomic E-state index is 0.0964. The fourth-order valence-corrected chi connectivity index (χ4v) is 4.37. The summed E-state index contributed by atoms with van der Waals surface area (Å²) in [6.45, 7) is 2.82. The van der Waals surface area contributed by atoms with E-state index in [1.165, 1.54) is 11.8 Å². The molecule has 1 amide bonds. The normalized spacial score (nSPS) is 14.2. The number of ether oxygens (including phenoxy) is 1. The van der Waals surface area contributed by atoms with Gasteiger partial charge in [-0.1, -0.05) is 48.5 Å². The van der Waals surface area contributed by atoms with Crippen molar-refractivity contribution in [1.82, 2.24) is 15.0 Å². The Bertz CT molecular complexity index is 1090. The third-order valence-corrected chi connectivity index (χ3v) is 6.01. The quantitative estimate of drug-likeness (QED) is 0.614. The number of hydrogen-bond acceptors (Lipinski definition) is 7. The van der Waals surface area contributed by atoms with E-state index in [-0.39, 0.29) is 17.8 Å². The van der Waals surface area contributed by atoms with Gasteiger partial charge in [0.05, 0.1) is 18.2 Å². The lowest BCUT2D eigenvalue weighted by Gasteiger charge is -2.20. The Morgan fingerprint density at radius 1 is 1.29 bits per heavy atom. The predicted molar refractivity (Wildman–Crippen MR) is 110 cm³/mol. The number of nitrogens with zero attached hydrogens (tertiary/aromatic N) is 3. The van der Waals surface area contributed by atoms with Crippen LogP contribution in [0.3, 0.4) is 0 Å². The molecule has 4 N–H and O–H groups in total. The fraction of sp³-hybridized carbons (Fsp3) is 0.263. The Labute approximate surface area is 170 Å². The summed E-state index contributed by atoms with van der Waals surface area (Å²) in [4.78, 5) is 24.3. The minimum Gasteiger partial charge on any atom is -0.372 e. The van der Waals surface area contributed by atoms with Gasteiger partial charge in [-0.05, 0) is 28.0 Å². The molecule has 2 aromatic carbocycles. The van der Waals surface area contributed by atoms with E-state index in [9.17, 15) is 4.79 Å². The maximum atomic E-state index is 11.3. The lowest BCUT2D eigenvalue weighted by atomic mass is 9.94. The van der Waals surface area contributed by atoms with Crippen LogP contribution in [0.15, 0.2) is 29.4 Å². The monoisotopic (exact) mass is 415 g/mol. The van der Waals surface area contributed by atoms with Gasteiger partial charge >= 0.3 is 0 Å². The van der Waals surface area contributed by atoms with Crippen molar-refractivity contribution in [3.63, 3.8) is 0 Å². The predicted octanol–water partition coefficient (Wildman–Crippen LogP) is 3.17. The molecule has 7 nitrogen and oxygen atoms in total.